The van der Waals surface area contributed by atoms with Crippen molar-refractivity contribution in [2.75, 3.05) is 0 Å². The van der Waals surface area contributed by atoms with Crippen LogP contribution in [-0.2, 0) is 0 Å². The van der Waals surface area contributed by atoms with E-state index >= 15 is 0 Å². The molecule has 0 saturated carbocycles. The summed E-state index contributed by atoms with van der Waals surface area (Å²) in [5, 5.41) is 0. The molecule has 0 aromatic heterocycles. The van der Waals surface area contributed by atoms with Crippen molar-refractivity contribution in [2.24, 2.45) is 4.99 Å². The first-order chi connectivity index (χ1) is 6.26. The second kappa shape index (κ2) is 10.6. The average Bonchev–Trinajstić information content (AvgIpc) is 2.21. The van der Waals surface area contributed by atoms with E-state index in [2.05, 4.69) is 24.9 Å². The zero-order chi connectivity index (χ0) is 10.7. The van der Waals surface area contributed by atoms with Crippen LogP contribution in [0.2, 0.25) is 0 Å². The Morgan fingerprint density at radius 3 is 2.08 bits per heavy atom. The number of rotatable bonds is 4. The summed E-state index contributed by atoms with van der Waals surface area (Å²) in [5.74, 6) is 0. The van der Waals surface area contributed by atoms with Crippen LogP contribution in [0.15, 0.2) is 53.7 Å². The summed E-state index contributed by atoms with van der Waals surface area (Å²) in [4.78, 5) is 3.82. The van der Waals surface area contributed by atoms with Gasteiger partial charge in [-0.1, -0.05) is 45.2 Å². The minimum absolute atomic E-state index is 0.833. The van der Waals surface area contributed by atoms with Crippen LogP contribution >= 0.6 is 0 Å². The van der Waals surface area contributed by atoms with Gasteiger partial charge in [0, 0.05) is 0 Å². The van der Waals surface area contributed by atoms with E-state index in [1.807, 2.05) is 32.9 Å². The minimum atomic E-state index is 0.833. The van der Waals surface area contributed by atoms with E-state index < -0.39 is 0 Å². The quantitative estimate of drug-likeness (QED) is 0.456. The maximum Gasteiger partial charge on any atom is 0.0651 e. The first-order valence-electron chi connectivity index (χ1n) is 4.35. The zero-order valence-electron chi connectivity index (χ0n) is 8.88. The molecule has 0 aliphatic carbocycles. The molecule has 0 saturated heterocycles. The lowest BCUT2D eigenvalue weighted by atomic mass is 10.2. The Hall–Kier alpha value is -1.37. The highest BCUT2D eigenvalue weighted by Gasteiger charge is 1.88. The molecular formula is C12H19N. The summed E-state index contributed by atoms with van der Waals surface area (Å²) < 4.78 is 0. The normalized spacial score (nSPS) is 11.0. The molecule has 0 radical (unpaired) electrons. The predicted octanol–water partition coefficient (Wildman–Crippen LogP) is 3.92. The van der Waals surface area contributed by atoms with Crippen molar-refractivity contribution in [1.29, 1.82) is 0 Å². The summed E-state index contributed by atoms with van der Waals surface area (Å²) in [5.41, 5.74) is 1.85. The number of aliphatic imine (C=N–C) groups is 1. The third kappa shape index (κ3) is 7.01. The van der Waals surface area contributed by atoms with Gasteiger partial charge in [-0.2, -0.15) is 0 Å². The Morgan fingerprint density at radius 2 is 1.77 bits per heavy atom. The van der Waals surface area contributed by atoms with E-state index in [1.54, 1.807) is 12.2 Å². The number of hydrogen-bond donors (Lipinski definition) is 0. The van der Waals surface area contributed by atoms with E-state index in [0.717, 1.165) is 11.3 Å². The standard InChI is InChI=1S/C10H13N.C2H6/c1-5-7-8-10(11-4)9(3)6-2;1-2/h5-8H,1-2,4H2,3H3;1-2H3/b8-7-,10-9-;. The summed E-state index contributed by atoms with van der Waals surface area (Å²) in [7, 11) is 0. The second-order valence-corrected chi connectivity index (χ2v) is 2.03. The molecule has 0 heterocycles. The Bertz CT molecular complexity index is 219. The van der Waals surface area contributed by atoms with E-state index in [0.29, 0.717) is 0 Å². The highest BCUT2D eigenvalue weighted by molar-refractivity contribution is 5.38. The molecule has 0 unspecified atom stereocenters. The van der Waals surface area contributed by atoms with Crippen molar-refractivity contribution < 1.29 is 0 Å². The van der Waals surface area contributed by atoms with Gasteiger partial charge in [-0.25, -0.2) is 0 Å². The molecule has 0 bridgehead atoms. The molecule has 13 heavy (non-hydrogen) atoms. The Labute approximate surface area is 81.9 Å². The van der Waals surface area contributed by atoms with Crippen LogP contribution in [0.3, 0.4) is 0 Å². The van der Waals surface area contributed by atoms with E-state index in [-0.39, 0.29) is 0 Å². The Balaban J connectivity index is 0. The smallest absolute Gasteiger partial charge is 0.0651 e. The lowest BCUT2D eigenvalue weighted by molar-refractivity contribution is 1.33. The first-order valence-corrected chi connectivity index (χ1v) is 4.35. The van der Waals surface area contributed by atoms with Gasteiger partial charge in [0.05, 0.1) is 5.70 Å². The van der Waals surface area contributed by atoms with Crippen LogP contribution in [0.4, 0.5) is 0 Å². The Morgan fingerprint density at radius 1 is 1.23 bits per heavy atom. The van der Waals surface area contributed by atoms with Gasteiger partial charge in [-0.05, 0) is 25.3 Å². The molecule has 0 atom stereocenters. The third-order valence-corrected chi connectivity index (χ3v) is 1.27. The number of allylic oxidation sites excluding steroid dienone is 5. The lowest BCUT2D eigenvalue weighted by Gasteiger charge is -1.94. The van der Waals surface area contributed by atoms with Gasteiger partial charge < -0.3 is 0 Å². The molecule has 72 valence electrons. The molecule has 0 fully saturated rings. The summed E-state index contributed by atoms with van der Waals surface area (Å²) >= 11 is 0. The van der Waals surface area contributed by atoms with E-state index in [4.69, 9.17) is 0 Å². The van der Waals surface area contributed by atoms with Crippen LogP contribution in [0.1, 0.15) is 20.8 Å². The molecular weight excluding hydrogens is 158 g/mol. The molecule has 0 aliphatic rings. The largest absolute Gasteiger partial charge is 0.264 e. The van der Waals surface area contributed by atoms with E-state index in [1.165, 1.54) is 0 Å². The molecule has 0 aliphatic heterocycles. The van der Waals surface area contributed by atoms with Gasteiger partial charge in [0.25, 0.3) is 0 Å². The summed E-state index contributed by atoms with van der Waals surface area (Å²) in [6.07, 6.45) is 7.10. The van der Waals surface area contributed by atoms with E-state index in [9.17, 15) is 0 Å². The highest BCUT2D eigenvalue weighted by Crippen LogP contribution is 2.07. The van der Waals surface area contributed by atoms with Crippen molar-refractivity contribution in [1.82, 2.24) is 0 Å². The van der Waals surface area contributed by atoms with Crippen LogP contribution in [0.25, 0.3) is 0 Å². The average molecular weight is 177 g/mol. The van der Waals surface area contributed by atoms with Gasteiger partial charge in [-0.3, -0.25) is 4.99 Å². The third-order valence-electron chi connectivity index (χ3n) is 1.27. The van der Waals surface area contributed by atoms with Gasteiger partial charge in [0.2, 0.25) is 0 Å². The number of hydrogen-bond acceptors (Lipinski definition) is 1. The summed E-state index contributed by atoms with van der Waals surface area (Å²) in [6.45, 7) is 16.6. The van der Waals surface area contributed by atoms with Crippen molar-refractivity contribution in [3.8, 4) is 0 Å². The monoisotopic (exact) mass is 177 g/mol. The summed E-state index contributed by atoms with van der Waals surface area (Å²) in [6, 6.07) is 0. The molecule has 1 heteroatoms. The van der Waals surface area contributed by atoms with Crippen molar-refractivity contribution in [3.63, 3.8) is 0 Å². The van der Waals surface area contributed by atoms with Gasteiger partial charge >= 0.3 is 0 Å². The minimum Gasteiger partial charge on any atom is -0.264 e. The zero-order valence-corrected chi connectivity index (χ0v) is 8.88. The topological polar surface area (TPSA) is 12.4 Å². The molecule has 0 amide bonds. The molecule has 1 nitrogen and oxygen atoms in total. The van der Waals surface area contributed by atoms with Crippen LogP contribution in [-0.4, -0.2) is 6.72 Å². The fourth-order valence-electron chi connectivity index (χ4n) is 0.573. The van der Waals surface area contributed by atoms with Gasteiger partial charge in [-0.15, -0.1) is 0 Å². The fourth-order valence-corrected chi connectivity index (χ4v) is 0.573. The van der Waals surface area contributed by atoms with Crippen LogP contribution in [0, 0.1) is 0 Å². The number of nitrogens with zero attached hydrogens (tertiary/aromatic N) is 1. The molecule has 0 N–H and O–H groups in total. The molecule has 0 spiro atoms. The van der Waals surface area contributed by atoms with Gasteiger partial charge in [0.15, 0.2) is 0 Å². The Kier molecular flexibility index (Phi) is 11.6. The van der Waals surface area contributed by atoms with Gasteiger partial charge in [0.1, 0.15) is 0 Å². The SMILES string of the molecule is C=C/C=C\C(N=C)=C(/C)C=C.CC. The highest BCUT2D eigenvalue weighted by atomic mass is 14.7. The van der Waals surface area contributed by atoms with Crippen LogP contribution in [0.5, 0.6) is 0 Å². The molecule has 0 rings (SSSR count). The predicted molar refractivity (Wildman–Crippen MR) is 63.1 cm³/mol. The van der Waals surface area contributed by atoms with Crippen molar-refractivity contribution in [2.45, 2.75) is 20.8 Å². The fraction of sp³-hybridized carbons (Fsp3) is 0.250. The maximum absolute atomic E-state index is 3.82. The second-order valence-electron chi connectivity index (χ2n) is 2.03. The molecule has 0 aromatic carbocycles. The van der Waals surface area contributed by atoms with Crippen molar-refractivity contribution >= 4 is 6.72 Å². The maximum atomic E-state index is 3.82. The van der Waals surface area contributed by atoms with Crippen LogP contribution < -0.4 is 0 Å². The molecule has 0 aromatic rings. The first kappa shape index (κ1) is 14.2. The lowest BCUT2D eigenvalue weighted by Crippen LogP contribution is -1.76. The van der Waals surface area contributed by atoms with Crippen molar-refractivity contribution in [3.05, 3.63) is 48.7 Å².